The molecule has 0 amide bonds. The summed E-state index contributed by atoms with van der Waals surface area (Å²) in [5.74, 6) is 0. The largest absolute Gasteiger partial charge is 0.244 e. The second-order valence-electron chi connectivity index (χ2n) is 3.78. The van der Waals surface area contributed by atoms with Gasteiger partial charge in [0.25, 0.3) is 0 Å². The summed E-state index contributed by atoms with van der Waals surface area (Å²) in [5.41, 5.74) is 1.09. The standard InChI is InChI=1S/C11H12BrNO2S/c1-9-6-7-13(8-9)16(14,15)11-5-3-2-4-10(11)12/h2-6H,7-8H2,1H3. The Morgan fingerprint density at radius 2 is 2.00 bits per heavy atom. The number of sulfonamides is 1. The molecule has 0 unspecified atom stereocenters. The van der Waals surface area contributed by atoms with E-state index in [1.54, 1.807) is 24.3 Å². The molecule has 0 N–H and O–H groups in total. The van der Waals surface area contributed by atoms with E-state index >= 15 is 0 Å². The first-order valence-electron chi connectivity index (χ1n) is 4.92. The Hall–Kier alpha value is -0.650. The van der Waals surface area contributed by atoms with E-state index in [2.05, 4.69) is 15.9 Å². The highest BCUT2D eigenvalue weighted by molar-refractivity contribution is 9.10. The summed E-state index contributed by atoms with van der Waals surface area (Å²) in [4.78, 5) is 0.332. The maximum atomic E-state index is 12.3. The van der Waals surface area contributed by atoms with Gasteiger partial charge in [-0.3, -0.25) is 0 Å². The number of hydrogen-bond donors (Lipinski definition) is 0. The zero-order valence-corrected chi connectivity index (χ0v) is 11.3. The monoisotopic (exact) mass is 301 g/mol. The van der Waals surface area contributed by atoms with Gasteiger partial charge >= 0.3 is 0 Å². The van der Waals surface area contributed by atoms with Gasteiger partial charge in [-0.15, -0.1) is 0 Å². The smallest absolute Gasteiger partial charge is 0.207 e. The molecule has 0 saturated heterocycles. The van der Waals surface area contributed by atoms with Crippen LogP contribution in [0.1, 0.15) is 6.92 Å². The number of halogens is 1. The van der Waals surface area contributed by atoms with Crippen molar-refractivity contribution in [2.75, 3.05) is 13.1 Å². The lowest BCUT2D eigenvalue weighted by atomic mass is 10.3. The van der Waals surface area contributed by atoms with Crippen LogP contribution in [-0.4, -0.2) is 25.8 Å². The quantitative estimate of drug-likeness (QED) is 0.787. The summed E-state index contributed by atoms with van der Waals surface area (Å²) in [6.45, 7) is 2.90. The third kappa shape index (κ3) is 2.07. The molecule has 0 radical (unpaired) electrons. The van der Waals surface area contributed by atoms with Crippen LogP contribution in [0.25, 0.3) is 0 Å². The summed E-state index contributed by atoms with van der Waals surface area (Å²) >= 11 is 3.27. The Labute approximate surface area is 104 Å². The Morgan fingerprint density at radius 1 is 1.31 bits per heavy atom. The van der Waals surface area contributed by atoms with Crippen LogP contribution in [-0.2, 0) is 10.0 Å². The van der Waals surface area contributed by atoms with Crippen molar-refractivity contribution in [2.45, 2.75) is 11.8 Å². The molecule has 0 saturated carbocycles. The molecule has 1 aromatic rings. The fourth-order valence-electron chi connectivity index (χ4n) is 1.64. The second kappa shape index (κ2) is 4.31. The van der Waals surface area contributed by atoms with Crippen LogP contribution in [0.5, 0.6) is 0 Å². The molecular weight excluding hydrogens is 290 g/mol. The molecule has 0 atom stereocenters. The van der Waals surface area contributed by atoms with Gasteiger partial charge in [-0.05, 0) is 35.0 Å². The minimum Gasteiger partial charge on any atom is -0.207 e. The lowest BCUT2D eigenvalue weighted by Crippen LogP contribution is -2.29. The summed E-state index contributed by atoms with van der Waals surface area (Å²) in [5, 5.41) is 0. The summed E-state index contributed by atoms with van der Waals surface area (Å²) < 4.78 is 26.6. The van der Waals surface area contributed by atoms with Crippen LogP contribution < -0.4 is 0 Å². The van der Waals surface area contributed by atoms with Crippen molar-refractivity contribution in [3.05, 3.63) is 40.4 Å². The van der Waals surface area contributed by atoms with Gasteiger partial charge in [0, 0.05) is 17.6 Å². The van der Waals surface area contributed by atoms with Gasteiger partial charge in [0.05, 0.1) is 4.90 Å². The van der Waals surface area contributed by atoms with E-state index in [4.69, 9.17) is 0 Å². The molecule has 0 spiro atoms. The first-order chi connectivity index (χ1) is 7.51. The van der Waals surface area contributed by atoms with Gasteiger partial charge in [0.1, 0.15) is 0 Å². The fraction of sp³-hybridized carbons (Fsp3) is 0.273. The number of nitrogens with zero attached hydrogens (tertiary/aromatic N) is 1. The number of benzene rings is 1. The third-order valence-electron chi connectivity index (χ3n) is 2.52. The highest BCUT2D eigenvalue weighted by atomic mass is 79.9. The second-order valence-corrected chi connectivity index (χ2v) is 6.54. The van der Waals surface area contributed by atoms with Gasteiger partial charge < -0.3 is 0 Å². The van der Waals surface area contributed by atoms with Crippen LogP contribution >= 0.6 is 15.9 Å². The summed E-state index contributed by atoms with van der Waals surface area (Å²) in [6.07, 6.45) is 1.94. The third-order valence-corrected chi connectivity index (χ3v) is 5.35. The van der Waals surface area contributed by atoms with E-state index in [0.29, 0.717) is 22.5 Å². The lowest BCUT2D eigenvalue weighted by Gasteiger charge is -2.16. The summed E-state index contributed by atoms with van der Waals surface area (Å²) in [6, 6.07) is 6.89. The van der Waals surface area contributed by atoms with Crippen molar-refractivity contribution in [2.24, 2.45) is 0 Å². The predicted octanol–water partition coefficient (Wildman–Crippen LogP) is 2.40. The molecule has 0 aromatic heterocycles. The van der Waals surface area contributed by atoms with Gasteiger partial charge in [-0.1, -0.05) is 23.8 Å². The Bertz CT molecular complexity index is 537. The maximum absolute atomic E-state index is 12.3. The SMILES string of the molecule is CC1=CCN(S(=O)(=O)c2ccccc2Br)C1. The molecule has 0 fully saturated rings. The molecule has 1 aliphatic rings. The Balaban J connectivity index is 2.38. The molecule has 0 aliphatic carbocycles. The van der Waals surface area contributed by atoms with Crippen molar-refractivity contribution in [1.29, 1.82) is 0 Å². The average molecular weight is 302 g/mol. The van der Waals surface area contributed by atoms with Gasteiger partial charge in [-0.25, -0.2) is 8.42 Å². The van der Waals surface area contributed by atoms with Crippen LogP contribution in [0.2, 0.25) is 0 Å². The Morgan fingerprint density at radius 3 is 2.56 bits per heavy atom. The maximum Gasteiger partial charge on any atom is 0.244 e. The van der Waals surface area contributed by atoms with Gasteiger partial charge in [0.15, 0.2) is 0 Å². The van der Waals surface area contributed by atoms with Crippen molar-refractivity contribution in [3.8, 4) is 0 Å². The molecule has 1 aromatic carbocycles. The molecular formula is C11H12BrNO2S. The normalized spacial score (nSPS) is 17.5. The number of hydrogen-bond acceptors (Lipinski definition) is 2. The zero-order chi connectivity index (χ0) is 11.8. The van der Waals surface area contributed by atoms with E-state index in [9.17, 15) is 8.42 Å². The summed E-state index contributed by atoms with van der Waals surface area (Å²) in [7, 11) is -3.37. The van der Waals surface area contributed by atoms with Crippen molar-refractivity contribution < 1.29 is 8.42 Å². The highest BCUT2D eigenvalue weighted by Gasteiger charge is 2.28. The van der Waals surface area contributed by atoms with E-state index < -0.39 is 10.0 Å². The van der Waals surface area contributed by atoms with E-state index in [0.717, 1.165) is 5.57 Å². The van der Waals surface area contributed by atoms with Crippen molar-refractivity contribution in [1.82, 2.24) is 4.31 Å². The topological polar surface area (TPSA) is 37.4 Å². The predicted molar refractivity (Wildman–Crippen MR) is 66.7 cm³/mol. The zero-order valence-electron chi connectivity index (χ0n) is 8.85. The molecule has 16 heavy (non-hydrogen) atoms. The van der Waals surface area contributed by atoms with Crippen LogP contribution in [0.3, 0.4) is 0 Å². The molecule has 0 bridgehead atoms. The molecule has 86 valence electrons. The molecule has 1 aliphatic heterocycles. The minimum absolute atomic E-state index is 0.332. The average Bonchev–Trinajstić information content (AvgIpc) is 2.66. The Kier molecular flexibility index (Phi) is 3.19. The first kappa shape index (κ1) is 11.8. The molecule has 2 rings (SSSR count). The van der Waals surface area contributed by atoms with E-state index in [1.807, 2.05) is 13.0 Å². The minimum atomic E-state index is -3.37. The molecule has 1 heterocycles. The van der Waals surface area contributed by atoms with Gasteiger partial charge in [-0.2, -0.15) is 4.31 Å². The van der Waals surface area contributed by atoms with Crippen LogP contribution in [0.4, 0.5) is 0 Å². The fourth-order valence-corrected chi connectivity index (χ4v) is 4.03. The molecule has 3 nitrogen and oxygen atoms in total. The van der Waals surface area contributed by atoms with E-state index in [1.165, 1.54) is 4.31 Å². The first-order valence-corrected chi connectivity index (χ1v) is 7.15. The highest BCUT2D eigenvalue weighted by Crippen LogP contribution is 2.26. The van der Waals surface area contributed by atoms with Crippen molar-refractivity contribution >= 4 is 26.0 Å². The van der Waals surface area contributed by atoms with Crippen LogP contribution in [0.15, 0.2) is 45.3 Å². The van der Waals surface area contributed by atoms with Gasteiger partial charge in [0.2, 0.25) is 10.0 Å². The number of rotatable bonds is 2. The van der Waals surface area contributed by atoms with E-state index in [-0.39, 0.29) is 0 Å². The van der Waals surface area contributed by atoms with Crippen LogP contribution in [0, 0.1) is 0 Å². The molecule has 5 heteroatoms. The van der Waals surface area contributed by atoms with Crippen molar-refractivity contribution in [3.63, 3.8) is 0 Å². The lowest BCUT2D eigenvalue weighted by molar-refractivity contribution is 0.484.